The van der Waals surface area contributed by atoms with E-state index in [0.717, 1.165) is 17.7 Å². The van der Waals surface area contributed by atoms with Crippen molar-refractivity contribution in [1.82, 2.24) is 15.2 Å². The second-order valence-corrected chi connectivity index (χ2v) is 7.67. The number of halogens is 3. The number of ether oxygens (including phenoxy) is 1. The number of H-pyrrole nitrogens is 1. The van der Waals surface area contributed by atoms with Crippen molar-refractivity contribution >= 4 is 23.1 Å². The predicted octanol–water partition coefficient (Wildman–Crippen LogP) is 5.41. The van der Waals surface area contributed by atoms with Gasteiger partial charge in [0, 0.05) is 22.6 Å². The third-order valence-electron chi connectivity index (χ3n) is 4.60. The second-order valence-electron chi connectivity index (χ2n) is 6.81. The minimum Gasteiger partial charge on any atom is -0.496 e. The number of benzene rings is 2. The topological polar surface area (TPSA) is 79.9 Å². The Morgan fingerprint density at radius 2 is 1.91 bits per heavy atom. The number of anilines is 1. The van der Waals surface area contributed by atoms with Gasteiger partial charge in [0.2, 0.25) is 5.91 Å². The molecule has 0 aliphatic carbocycles. The molecule has 0 unspecified atom stereocenters. The number of methoxy groups -OCH3 is 1. The molecule has 0 radical (unpaired) electrons. The van der Waals surface area contributed by atoms with Crippen molar-refractivity contribution in [3.8, 4) is 27.6 Å². The molecule has 0 bridgehead atoms. The highest BCUT2D eigenvalue weighted by atomic mass is 32.1. The number of carbonyl (C=O) groups excluding carboxylic acids is 1. The molecule has 32 heavy (non-hydrogen) atoms. The summed E-state index contributed by atoms with van der Waals surface area (Å²) in [6.45, 7) is 0. The number of nitrogens with one attached hydrogen (secondary N) is 2. The molecule has 2 heterocycles. The van der Waals surface area contributed by atoms with Gasteiger partial charge in [-0.15, -0.1) is 11.3 Å². The Balaban J connectivity index is 1.40. The number of hydrogen-bond donors (Lipinski definition) is 2. The third kappa shape index (κ3) is 4.80. The Morgan fingerprint density at radius 1 is 1.16 bits per heavy atom. The van der Waals surface area contributed by atoms with Gasteiger partial charge in [-0.25, -0.2) is 4.98 Å². The summed E-state index contributed by atoms with van der Waals surface area (Å²) in [6.07, 6.45) is -4.38. The van der Waals surface area contributed by atoms with Gasteiger partial charge in [-0.2, -0.15) is 18.3 Å². The van der Waals surface area contributed by atoms with E-state index in [2.05, 4.69) is 20.5 Å². The lowest BCUT2D eigenvalue weighted by Crippen LogP contribution is -2.14. The molecule has 2 aromatic heterocycles. The van der Waals surface area contributed by atoms with Gasteiger partial charge in [0.1, 0.15) is 10.8 Å². The molecule has 0 saturated carbocycles. The smallest absolute Gasteiger partial charge is 0.416 e. The van der Waals surface area contributed by atoms with E-state index >= 15 is 0 Å². The van der Waals surface area contributed by atoms with E-state index in [-0.39, 0.29) is 12.3 Å². The maximum Gasteiger partial charge on any atom is 0.416 e. The fraction of sp³-hybridized carbons (Fsp3) is 0.136. The van der Waals surface area contributed by atoms with Gasteiger partial charge >= 0.3 is 6.18 Å². The normalized spacial score (nSPS) is 11.4. The van der Waals surface area contributed by atoms with Crippen LogP contribution in [0.15, 0.2) is 60.0 Å². The highest BCUT2D eigenvalue weighted by Gasteiger charge is 2.30. The Morgan fingerprint density at radius 3 is 2.62 bits per heavy atom. The summed E-state index contributed by atoms with van der Waals surface area (Å²) in [7, 11) is 1.57. The van der Waals surface area contributed by atoms with Crippen molar-refractivity contribution in [2.24, 2.45) is 0 Å². The van der Waals surface area contributed by atoms with E-state index in [9.17, 15) is 18.0 Å². The van der Waals surface area contributed by atoms with Crippen LogP contribution >= 0.6 is 11.3 Å². The van der Waals surface area contributed by atoms with Gasteiger partial charge < -0.3 is 10.1 Å². The highest BCUT2D eigenvalue weighted by Crippen LogP contribution is 2.32. The molecule has 0 atom stereocenters. The lowest BCUT2D eigenvalue weighted by molar-refractivity contribution is -0.137. The quantitative estimate of drug-likeness (QED) is 0.405. The maximum absolute atomic E-state index is 12.7. The number of rotatable bonds is 6. The summed E-state index contributed by atoms with van der Waals surface area (Å²) in [4.78, 5) is 16.8. The van der Waals surface area contributed by atoms with E-state index in [0.29, 0.717) is 33.5 Å². The molecular weight excluding hydrogens is 441 g/mol. The lowest BCUT2D eigenvalue weighted by atomic mass is 10.1. The largest absolute Gasteiger partial charge is 0.496 e. The van der Waals surface area contributed by atoms with Crippen LogP contribution in [0, 0.1) is 0 Å². The van der Waals surface area contributed by atoms with Crippen LogP contribution in [0.3, 0.4) is 0 Å². The summed E-state index contributed by atoms with van der Waals surface area (Å²) >= 11 is 1.26. The average molecular weight is 458 g/mol. The number of aromatic nitrogens is 3. The van der Waals surface area contributed by atoms with Crippen molar-refractivity contribution in [2.45, 2.75) is 12.6 Å². The molecule has 2 aromatic carbocycles. The zero-order chi connectivity index (χ0) is 22.7. The van der Waals surface area contributed by atoms with Gasteiger partial charge in [0.15, 0.2) is 5.82 Å². The minimum atomic E-state index is -4.39. The standard InChI is InChI=1S/C22H17F3N4O2S/c1-31-18-5-3-2-4-16(18)17-11-19(29-28-17)27-20(30)10-15-12-32-21(26-15)13-6-8-14(9-7-13)22(23,24)25/h2-9,11-12H,10H2,1H3,(H2,27,28,29,30). The Hall–Kier alpha value is -3.66. The highest BCUT2D eigenvalue weighted by molar-refractivity contribution is 7.13. The molecule has 0 fully saturated rings. The Labute approximate surface area is 185 Å². The van der Waals surface area contributed by atoms with Gasteiger partial charge in [-0.3, -0.25) is 9.89 Å². The van der Waals surface area contributed by atoms with E-state index in [1.165, 1.54) is 23.5 Å². The zero-order valence-electron chi connectivity index (χ0n) is 16.7. The van der Waals surface area contributed by atoms with Gasteiger partial charge in [0.05, 0.1) is 30.5 Å². The van der Waals surface area contributed by atoms with Crippen LogP contribution in [0.2, 0.25) is 0 Å². The number of aromatic amines is 1. The lowest BCUT2D eigenvalue weighted by Gasteiger charge is -2.06. The first-order valence-corrected chi connectivity index (χ1v) is 10.3. The van der Waals surface area contributed by atoms with E-state index in [1.807, 2.05) is 24.3 Å². The summed E-state index contributed by atoms with van der Waals surface area (Å²) in [6, 6.07) is 13.9. The zero-order valence-corrected chi connectivity index (χ0v) is 17.6. The molecular formula is C22H17F3N4O2S. The molecule has 0 saturated heterocycles. The van der Waals surface area contributed by atoms with Crippen molar-refractivity contribution in [3.05, 3.63) is 71.2 Å². The van der Waals surface area contributed by atoms with Crippen molar-refractivity contribution in [3.63, 3.8) is 0 Å². The number of amides is 1. The summed E-state index contributed by atoms with van der Waals surface area (Å²) in [5, 5.41) is 11.9. The van der Waals surface area contributed by atoms with Crippen LogP contribution in [0.1, 0.15) is 11.3 Å². The second kappa shape index (κ2) is 8.83. The van der Waals surface area contributed by atoms with Crippen molar-refractivity contribution in [1.29, 1.82) is 0 Å². The van der Waals surface area contributed by atoms with Crippen LogP contribution in [-0.2, 0) is 17.4 Å². The van der Waals surface area contributed by atoms with Crippen LogP contribution in [-0.4, -0.2) is 28.2 Å². The minimum absolute atomic E-state index is 0.00792. The summed E-state index contributed by atoms with van der Waals surface area (Å²) in [5.74, 6) is 0.716. The number of para-hydroxylation sites is 1. The molecule has 0 aliphatic heterocycles. The van der Waals surface area contributed by atoms with Crippen molar-refractivity contribution < 1.29 is 22.7 Å². The first-order chi connectivity index (χ1) is 15.3. The fourth-order valence-corrected chi connectivity index (χ4v) is 3.89. The van der Waals surface area contributed by atoms with Crippen LogP contribution in [0.5, 0.6) is 5.75 Å². The SMILES string of the molecule is COc1ccccc1-c1cc(NC(=O)Cc2csc(-c3ccc(C(F)(F)F)cc3)n2)n[nH]1. The number of hydrogen-bond acceptors (Lipinski definition) is 5. The van der Waals surface area contributed by atoms with Gasteiger partial charge in [-0.1, -0.05) is 24.3 Å². The molecule has 164 valence electrons. The van der Waals surface area contributed by atoms with Gasteiger partial charge in [-0.05, 0) is 24.3 Å². The van der Waals surface area contributed by atoms with E-state index in [1.54, 1.807) is 18.6 Å². The molecule has 4 aromatic rings. The van der Waals surface area contributed by atoms with Gasteiger partial charge in [0.25, 0.3) is 0 Å². The Bertz CT molecular complexity index is 1230. The molecule has 6 nitrogen and oxygen atoms in total. The van der Waals surface area contributed by atoms with Crippen LogP contribution < -0.4 is 10.1 Å². The molecule has 0 spiro atoms. The molecule has 10 heteroatoms. The first-order valence-electron chi connectivity index (χ1n) is 9.44. The summed E-state index contributed by atoms with van der Waals surface area (Å²) < 4.78 is 43.5. The Kier molecular flexibility index (Phi) is 5.95. The monoisotopic (exact) mass is 458 g/mol. The first kappa shape index (κ1) is 21.6. The maximum atomic E-state index is 12.7. The molecule has 2 N–H and O–H groups in total. The van der Waals surface area contributed by atoms with Crippen LogP contribution in [0.25, 0.3) is 21.8 Å². The predicted molar refractivity (Wildman–Crippen MR) is 115 cm³/mol. The summed E-state index contributed by atoms with van der Waals surface area (Å²) in [5.41, 5.74) is 1.86. The average Bonchev–Trinajstić information content (AvgIpc) is 3.43. The third-order valence-corrected chi connectivity index (χ3v) is 5.54. The fourth-order valence-electron chi connectivity index (χ4n) is 3.06. The van der Waals surface area contributed by atoms with E-state index in [4.69, 9.17) is 4.74 Å². The van der Waals surface area contributed by atoms with Crippen molar-refractivity contribution in [2.75, 3.05) is 12.4 Å². The number of carbonyl (C=O) groups is 1. The molecule has 1 amide bonds. The molecule has 4 rings (SSSR count). The van der Waals surface area contributed by atoms with Crippen LogP contribution in [0.4, 0.5) is 19.0 Å². The number of nitrogens with zero attached hydrogens (tertiary/aromatic N) is 2. The van der Waals surface area contributed by atoms with E-state index < -0.39 is 11.7 Å². The number of alkyl halides is 3. The number of thiazole rings is 1. The molecule has 0 aliphatic rings.